The van der Waals surface area contributed by atoms with E-state index in [2.05, 4.69) is 0 Å². The highest BCUT2D eigenvalue weighted by atomic mass is 19.1. The van der Waals surface area contributed by atoms with Crippen LogP contribution in [0.5, 0.6) is 5.75 Å². The van der Waals surface area contributed by atoms with Gasteiger partial charge in [0.25, 0.3) is 5.91 Å². The summed E-state index contributed by atoms with van der Waals surface area (Å²) in [6, 6.07) is 13.5. The smallest absolute Gasteiger partial charge is 0.254 e. The van der Waals surface area contributed by atoms with Crippen LogP contribution in [0.15, 0.2) is 48.5 Å². The van der Waals surface area contributed by atoms with E-state index in [1.165, 1.54) is 24.3 Å². The Balaban J connectivity index is 1.63. The minimum atomic E-state index is -0.342. The number of hydrogen-bond donors (Lipinski definition) is 0. The van der Waals surface area contributed by atoms with Crippen molar-refractivity contribution in [3.63, 3.8) is 0 Å². The molecule has 2 aromatic carbocycles. The molecule has 1 fully saturated rings. The molecule has 1 atom stereocenters. The Hall–Kier alpha value is -2.40. The van der Waals surface area contributed by atoms with Crippen molar-refractivity contribution in [2.24, 2.45) is 0 Å². The lowest BCUT2D eigenvalue weighted by molar-refractivity contribution is -0.0208. The van der Waals surface area contributed by atoms with Crippen LogP contribution in [0.3, 0.4) is 0 Å². The van der Waals surface area contributed by atoms with Gasteiger partial charge in [-0.3, -0.25) is 4.79 Å². The van der Waals surface area contributed by atoms with E-state index in [0.29, 0.717) is 25.3 Å². The monoisotopic (exact) mass is 329 g/mol. The summed E-state index contributed by atoms with van der Waals surface area (Å²) in [5.74, 6) is 0.389. The van der Waals surface area contributed by atoms with Crippen molar-refractivity contribution >= 4 is 5.91 Å². The summed E-state index contributed by atoms with van der Waals surface area (Å²) >= 11 is 0. The topological polar surface area (TPSA) is 38.8 Å². The molecule has 1 aliphatic heterocycles. The first-order valence-electron chi connectivity index (χ1n) is 7.95. The fourth-order valence-electron chi connectivity index (χ4n) is 2.83. The van der Waals surface area contributed by atoms with Crippen molar-refractivity contribution in [2.45, 2.75) is 12.5 Å². The number of nitrogens with zero attached hydrogens (tertiary/aromatic N) is 1. The molecule has 1 aliphatic rings. The van der Waals surface area contributed by atoms with E-state index < -0.39 is 0 Å². The number of benzene rings is 2. The predicted octanol–water partition coefficient (Wildman–Crippen LogP) is 2.92. The van der Waals surface area contributed by atoms with Gasteiger partial charge in [-0.15, -0.1) is 0 Å². The van der Waals surface area contributed by atoms with Gasteiger partial charge in [0, 0.05) is 25.1 Å². The zero-order valence-corrected chi connectivity index (χ0v) is 13.6. The molecule has 1 amide bonds. The van der Waals surface area contributed by atoms with Crippen molar-refractivity contribution in [3.8, 4) is 5.75 Å². The molecule has 0 spiro atoms. The zero-order valence-electron chi connectivity index (χ0n) is 13.6. The average molecular weight is 329 g/mol. The van der Waals surface area contributed by atoms with Gasteiger partial charge in [0.1, 0.15) is 11.6 Å². The molecule has 0 aromatic heterocycles. The molecule has 0 bridgehead atoms. The molecule has 3 rings (SSSR count). The summed E-state index contributed by atoms with van der Waals surface area (Å²) in [6.45, 7) is 1.59. The van der Waals surface area contributed by atoms with E-state index in [0.717, 1.165) is 17.7 Å². The van der Waals surface area contributed by atoms with Gasteiger partial charge in [0.2, 0.25) is 0 Å². The highest BCUT2D eigenvalue weighted by Gasteiger charge is 2.25. The van der Waals surface area contributed by atoms with E-state index in [-0.39, 0.29) is 17.8 Å². The van der Waals surface area contributed by atoms with Gasteiger partial charge in [-0.1, -0.05) is 12.1 Å². The molecule has 4 nitrogen and oxygen atoms in total. The SMILES string of the molecule is COc1ccc(C[C@@H]2CN(C(=O)c3ccc(F)cc3)CCO2)cc1. The van der Waals surface area contributed by atoms with Crippen LogP contribution in [0.2, 0.25) is 0 Å². The minimum absolute atomic E-state index is 0.0449. The number of hydrogen-bond acceptors (Lipinski definition) is 3. The summed E-state index contributed by atoms with van der Waals surface area (Å²) in [4.78, 5) is 14.3. The maximum atomic E-state index is 13.0. The lowest BCUT2D eigenvalue weighted by Gasteiger charge is -2.33. The molecule has 0 radical (unpaired) electrons. The van der Waals surface area contributed by atoms with Gasteiger partial charge in [0.15, 0.2) is 0 Å². The first-order valence-corrected chi connectivity index (χ1v) is 7.95. The Morgan fingerprint density at radius 2 is 1.92 bits per heavy atom. The van der Waals surface area contributed by atoms with Crippen molar-refractivity contribution in [3.05, 3.63) is 65.5 Å². The average Bonchev–Trinajstić information content (AvgIpc) is 2.63. The number of carbonyl (C=O) groups is 1. The number of carbonyl (C=O) groups excluding carboxylic acids is 1. The molecule has 24 heavy (non-hydrogen) atoms. The van der Waals surface area contributed by atoms with Crippen LogP contribution < -0.4 is 4.74 Å². The van der Waals surface area contributed by atoms with Crippen LogP contribution in [0.25, 0.3) is 0 Å². The third-order valence-electron chi connectivity index (χ3n) is 4.14. The largest absolute Gasteiger partial charge is 0.497 e. The second-order valence-corrected chi connectivity index (χ2v) is 5.80. The van der Waals surface area contributed by atoms with E-state index in [9.17, 15) is 9.18 Å². The fraction of sp³-hybridized carbons (Fsp3) is 0.316. The molecule has 0 saturated carbocycles. The normalized spacial score (nSPS) is 17.6. The van der Waals surface area contributed by atoms with Gasteiger partial charge < -0.3 is 14.4 Å². The molecule has 0 unspecified atom stereocenters. The van der Waals surface area contributed by atoms with E-state index in [1.54, 1.807) is 12.0 Å². The maximum Gasteiger partial charge on any atom is 0.254 e. The molecule has 2 aromatic rings. The second-order valence-electron chi connectivity index (χ2n) is 5.80. The molecular weight excluding hydrogens is 309 g/mol. The van der Waals surface area contributed by atoms with Crippen LogP contribution in [0, 0.1) is 5.82 Å². The Morgan fingerprint density at radius 3 is 2.58 bits per heavy atom. The van der Waals surface area contributed by atoms with Gasteiger partial charge >= 0.3 is 0 Å². The first kappa shape index (κ1) is 16.5. The van der Waals surface area contributed by atoms with Crippen molar-refractivity contribution in [1.29, 1.82) is 0 Å². The van der Waals surface area contributed by atoms with Crippen LogP contribution in [0.4, 0.5) is 4.39 Å². The number of ether oxygens (including phenoxy) is 2. The Kier molecular flexibility index (Phi) is 5.11. The Labute approximate surface area is 140 Å². The number of morpholine rings is 1. The van der Waals surface area contributed by atoms with Crippen molar-refractivity contribution in [2.75, 3.05) is 26.8 Å². The number of halogens is 1. The first-order chi connectivity index (χ1) is 11.7. The van der Waals surface area contributed by atoms with Crippen molar-refractivity contribution < 1.29 is 18.7 Å². The van der Waals surface area contributed by atoms with Crippen molar-refractivity contribution in [1.82, 2.24) is 4.90 Å². The maximum absolute atomic E-state index is 13.0. The fourth-order valence-corrected chi connectivity index (χ4v) is 2.83. The summed E-state index contributed by atoms with van der Waals surface area (Å²) in [6.07, 6.45) is 0.688. The molecule has 126 valence electrons. The molecule has 0 aliphatic carbocycles. The number of methoxy groups -OCH3 is 1. The van der Waals surface area contributed by atoms with Crippen LogP contribution in [-0.4, -0.2) is 43.7 Å². The summed E-state index contributed by atoms with van der Waals surface area (Å²) in [5, 5.41) is 0. The molecule has 0 N–H and O–H groups in total. The van der Waals surface area contributed by atoms with E-state index in [1.807, 2.05) is 24.3 Å². The second kappa shape index (κ2) is 7.45. The third-order valence-corrected chi connectivity index (χ3v) is 4.14. The molecule has 1 saturated heterocycles. The number of amides is 1. The van der Waals surface area contributed by atoms with Gasteiger partial charge in [-0.25, -0.2) is 4.39 Å². The summed E-state index contributed by atoms with van der Waals surface area (Å²) in [7, 11) is 1.64. The lowest BCUT2D eigenvalue weighted by atomic mass is 10.1. The Morgan fingerprint density at radius 1 is 1.21 bits per heavy atom. The number of rotatable bonds is 4. The van der Waals surface area contributed by atoms with Crippen LogP contribution >= 0.6 is 0 Å². The molecular formula is C19H20FNO3. The van der Waals surface area contributed by atoms with Crippen LogP contribution in [-0.2, 0) is 11.2 Å². The van der Waals surface area contributed by atoms with Gasteiger partial charge in [-0.2, -0.15) is 0 Å². The van der Waals surface area contributed by atoms with Gasteiger partial charge in [0.05, 0.1) is 19.8 Å². The highest BCUT2D eigenvalue weighted by Crippen LogP contribution is 2.17. The minimum Gasteiger partial charge on any atom is -0.497 e. The molecule has 5 heteroatoms. The summed E-state index contributed by atoms with van der Waals surface area (Å²) in [5.41, 5.74) is 1.64. The zero-order chi connectivity index (χ0) is 16.9. The predicted molar refractivity (Wildman–Crippen MR) is 88.7 cm³/mol. The highest BCUT2D eigenvalue weighted by molar-refractivity contribution is 5.94. The summed E-state index contributed by atoms with van der Waals surface area (Å²) < 4.78 is 23.9. The van der Waals surface area contributed by atoms with Gasteiger partial charge in [-0.05, 0) is 42.0 Å². The standard InChI is InChI=1S/C19H20FNO3/c1-23-17-8-2-14(3-9-17)12-18-13-21(10-11-24-18)19(22)15-4-6-16(20)7-5-15/h2-9,18H,10-13H2,1H3/t18-/m1/s1. The molecule has 1 heterocycles. The third kappa shape index (κ3) is 3.92. The lowest BCUT2D eigenvalue weighted by Crippen LogP contribution is -2.46. The van der Waals surface area contributed by atoms with Crippen LogP contribution in [0.1, 0.15) is 15.9 Å². The van der Waals surface area contributed by atoms with E-state index in [4.69, 9.17) is 9.47 Å². The Bertz CT molecular complexity index is 685. The quantitative estimate of drug-likeness (QED) is 0.866. The van der Waals surface area contributed by atoms with E-state index >= 15 is 0 Å².